The second-order valence-corrected chi connectivity index (χ2v) is 5.66. The van der Waals surface area contributed by atoms with Crippen LogP contribution in [0.2, 0.25) is 0 Å². The fourth-order valence-corrected chi connectivity index (χ4v) is 3.39. The summed E-state index contributed by atoms with van der Waals surface area (Å²) in [4.78, 5) is 2.53. The lowest BCUT2D eigenvalue weighted by Crippen LogP contribution is -2.29. The molecule has 1 nitrogen and oxygen atoms in total. The molecule has 2 heteroatoms. The summed E-state index contributed by atoms with van der Waals surface area (Å²) in [5.74, 6) is 4.63. The van der Waals surface area contributed by atoms with E-state index < -0.39 is 0 Å². The molecule has 1 aromatic carbocycles. The highest BCUT2D eigenvalue weighted by atomic mass is 31.0. The number of nitrogens with zero attached hydrogens (tertiary/aromatic N) is 1. The molecular weight excluding hydrogens is 237 g/mol. The maximum atomic E-state index is 2.53. The van der Waals surface area contributed by atoms with E-state index in [9.17, 15) is 0 Å². The summed E-state index contributed by atoms with van der Waals surface area (Å²) in [7, 11) is 1.31. The summed E-state index contributed by atoms with van der Waals surface area (Å²) in [5.41, 5.74) is 4.10. The molecule has 0 unspecified atom stereocenters. The van der Waals surface area contributed by atoms with Crippen LogP contribution in [0.4, 0.5) is 5.69 Å². The first-order valence-corrected chi connectivity index (χ1v) is 7.72. The van der Waals surface area contributed by atoms with Gasteiger partial charge >= 0.3 is 0 Å². The SMILES string of the molecule is c1ccc(-c2cpcc(N3CCCCC3)c2)cc1. The van der Waals surface area contributed by atoms with Gasteiger partial charge in [-0.25, -0.2) is 0 Å². The van der Waals surface area contributed by atoms with Gasteiger partial charge in [0.1, 0.15) is 0 Å². The molecule has 2 aromatic rings. The minimum atomic E-state index is 1.22. The van der Waals surface area contributed by atoms with Crippen LogP contribution in [0.5, 0.6) is 0 Å². The van der Waals surface area contributed by atoms with Gasteiger partial charge in [-0.1, -0.05) is 38.5 Å². The summed E-state index contributed by atoms with van der Waals surface area (Å²) in [6.45, 7) is 2.44. The molecule has 1 aliphatic heterocycles. The normalized spacial score (nSPS) is 16.1. The van der Waals surface area contributed by atoms with Crippen molar-refractivity contribution < 1.29 is 0 Å². The first-order chi connectivity index (χ1) is 8.93. The Morgan fingerprint density at radius 1 is 0.833 bits per heavy atom. The highest BCUT2D eigenvalue weighted by Crippen LogP contribution is 2.30. The van der Waals surface area contributed by atoms with Gasteiger partial charge in [0.05, 0.1) is 0 Å². The van der Waals surface area contributed by atoms with Gasteiger partial charge < -0.3 is 4.90 Å². The second kappa shape index (κ2) is 5.54. The Labute approximate surface area is 111 Å². The Balaban J connectivity index is 1.89. The maximum absolute atomic E-state index is 2.53. The predicted octanol–water partition coefficient (Wildman–Crippen LogP) is 4.92. The van der Waals surface area contributed by atoms with Gasteiger partial charge in [0.2, 0.25) is 0 Å². The van der Waals surface area contributed by atoms with Crippen LogP contribution < -0.4 is 4.90 Å². The van der Waals surface area contributed by atoms with E-state index >= 15 is 0 Å². The third-order valence-electron chi connectivity index (χ3n) is 3.55. The average Bonchev–Trinajstić information content (AvgIpc) is 2.49. The summed E-state index contributed by atoms with van der Waals surface area (Å²) >= 11 is 0. The van der Waals surface area contributed by atoms with Crippen LogP contribution >= 0.6 is 8.19 Å². The van der Waals surface area contributed by atoms with Crippen LogP contribution in [0.15, 0.2) is 48.0 Å². The van der Waals surface area contributed by atoms with E-state index in [-0.39, 0.29) is 0 Å². The van der Waals surface area contributed by atoms with Gasteiger partial charge in [0.25, 0.3) is 0 Å². The zero-order chi connectivity index (χ0) is 12.2. The molecular formula is C16H18NP. The molecule has 0 N–H and O–H groups in total. The standard InChI is InChI=1S/C16H18NP/c1-3-7-14(8-4-1)15-11-16(13-18-12-15)17-9-5-2-6-10-17/h1,3-4,7-8,11-13H,2,5-6,9-10H2. The number of anilines is 1. The highest BCUT2D eigenvalue weighted by Gasteiger charge is 2.11. The second-order valence-electron chi connectivity index (χ2n) is 4.85. The molecule has 0 saturated carbocycles. The van der Waals surface area contributed by atoms with Gasteiger partial charge in [-0.2, -0.15) is 0 Å². The smallest absolute Gasteiger partial charge is 0.0418 e. The van der Waals surface area contributed by atoms with Crippen molar-refractivity contribution in [3.63, 3.8) is 0 Å². The van der Waals surface area contributed by atoms with Crippen molar-refractivity contribution in [2.45, 2.75) is 19.3 Å². The highest BCUT2D eigenvalue weighted by molar-refractivity contribution is 7.28. The summed E-state index contributed by atoms with van der Waals surface area (Å²) in [6.07, 6.45) is 4.07. The molecule has 0 amide bonds. The first kappa shape index (κ1) is 11.7. The van der Waals surface area contributed by atoms with E-state index in [0.717, 1.165) is 0 Å². The van der Waals surface area contributed by atoms with Crippen molar-refractivity contribution in [2.24, 2.45) is 0 Å². The Morgan fingerprint density at radius 2 is 1.61 bits per heavy atom. The lowest BCUT2D eigenvalue weighted by molar-refractivity contribution is 0.578. The predicted molar refractivity (Wildman–Crippen MR) is 80.5 cm³/mol. The molecule has 0 bridgehead atoms. The fourth-order valence-electron chi connectivity index (χ4n) is 2.54. The van der Waals surface area contributed by atoms with Crippen molar-refractivity contribution in [1.82, 2.24) is 0 Å². The van der Waals surface area contributed by atoms with Crippen molar-refractivity contribution in [2.75, 3.05) is 18.0 Å². The largest absolute Gasteiger partial charge is 0.371 e. The molecule has 2 heterocycles. The van der Waals surface area contributed by atoms with Crippen molar-refractivity contribution in [3.05, 3.63) is 48.0 Å². The van der Waals surface area contributed by atoms with Crippen molar-refractivity contribution >= 4 is 13.9 Å². The topological polar surface area (TPSA) is 3.24 Å². The minimum Gasteiger partial charge on any atom is -0.371 e. The molecule has 0 atom stereocenters. The Hall–Kier alpha value is -1.33. The van der Waals surface area contributed by atoms with E-state index in [0.29, 0.717) is 0 Å². The van der Waals surface area contributed by atoms with E-state index in [2.05, 4.69) is 52.9 Å². The molecule has 1 aliphatic rings. The third kappa shape index (κ3) is 2.57. The van der Waals surface area contributed by atoms with Crippen molar-refractivity contribution in [1.29, 1.82) is 0 Å². The average molecular weight is 255 g/mol. The van der Waals surface area contributed by atoms with Crippen LogP contribution in [0.25, 0.3) is 11.1 Å². The van der Waals surface area contributed by atoms with Crippen LogP contribution in [0.3, 0.4) is 0 Å². The van der Waals surface area contributed by atoms with Gasteiger partial charge in [0.15, 0.2) is 0 Å². The van der Waals surface area contributed by atoms with Crippen LogP contribution in [0.1, 0.15) is 19.3 Å². The quantitative estimate of drug-likeness (QED) is 0.736. The Kier molecular flexibility index (Phi) is 3.61. The van der Waals surface area contributed by atoms with E-state index in [1.54, 1.807) is 0 Å². The third-order valence-corrected chi connectivity index (χ3v) is 4.39. The fraction of sp³-hybridized carbons (Fsp3) is 0.312. The Bertz CT molecular complexity index is 504. The van der Waals surface area contributed by atoms with E-state index in [1.165, 1.54) is 57.4 Å². The monoisotopic (exact) mass is 255 g/mol. The Morgan fingerprint density at radius 3 is 2.39 bits per heavy atom. The van der Waals surface area contributed by atoms with Gasteiger partial charge in [-0.3, -0.25) is 0 Å². The number of rotatable bonds is 2. The molecule has 92 valence electrons. The molecule has 0 aliphatic carbocycles. The number of piperidine rings is 1. The minimum absolute atomic E-state index is 1.22. The summed E-state index contributed by atoms with van der Waals surface area (Å²) in [5, 5.41) is 0. The van der Waals surface area contributed by atoms with Crippen molar-refractivity contribution in [3.8, 4) is 11.1 Å². The van der Waals surface area contributed by atoms with Crippen LogP contribution in [-0.2, 0) is 0 Å². The maximum Gasteiger partial charge on any atom is 0.0418 e. The van der Waals surface area contributed by atoms with E-state index in [1.807, 2.05) is 0 Å². The number of benzene rings is 1. The lowest BCUT2D eigenvalue weighted by Gasteiger charge is -2.29. The molecule has 18 heavy (non-hydrogen) atoms. The van der Waals surface area contributed by atoms with Gasteiger partial charge in [-0.05, 0) is 48.1 Å². The lowest BCUT2D eigenvalue weighted by atomic mass is 10.1. The zero-order valence-electron chi connectivity index (χ0n) is 10.5. The van der Waals surface area contributed by atoms with Crippen LogP contribution in [-0.4, -0.2) is 13.1 Å². The molecule has 0 radical (unpaired) electrons. The molecule has 1 aromatic heterocycles. The van der Waals surface area contributed by atoms with Gasteiger partial charge in [0, 0.05) is 18.8 Å². The number of hydrogen-bond acceptors (Lipinski definition) is 1. The van der Waals surface area contributed by atoms with Crippen LogP contribution in [0, 0.1) is 0 Å². The molecule has 1 saturated heterocycles. The van der Waals surface area contributed by atoms with Gasteiger partial charge in [-0.15, -0.1) is 0 Å². The number of hydrogen-bond donors (Lipinski definition) is 0. The zero-order valence-corrected chi connectivity index (χ0v) is 11.4. The molecule has 0 spiro atoms. The summed E-state index contributed by atoms with van der Waals surface area (Å²) in [6, 6.07) is 13.0. The summed E-state index contributed by atoms with van der Waals surface area (Å²) < 4.78 is 0. The first-order valence-electron chi connectivity index (χ1n) is 6.69. The van der Waals surface area contributed by atoms with E-state index in [4.69, 9.17) is 0 Å². The molecule has 1 fully saturated rings. The molecule has 3 rings (SSSR count).